The summed E-state index contributed by atoms with van der Waals surface area (Å²) in [7, 11) is 1.76. The van der Waals surface area contributed by atoms with Crippen molar-refractivity contribution < 1.29 is 14.3 Å². The summed E-state index contributed by atoms with van der Waals surface area (Å²) in [6.45, 7) is 7.57. The molecular weight excluding hydrogens is 368 g/mol. The predicted molar refractivity (Wildman–Crippen MR) is 114 cm³/mol. The van der Waals surface area contributed by atoms with Crippen molar-refractivity contribution >= 4 is 11.9 Å². The van der Waals surface area contributed by atoms with Crippen LogP contribution in [0.5, 0.6) is 0 Å². The van der Waals surface area contributed by atoms with Crippen LogP contribution in [-0.4, -0.2) is 69.4 Å². The number of nitrogens with one attached hydrogen (secondary N) is 2. The molecule has 1 aromatic carbocycles. The summed E-state index contributed by atoms with van der Waals surface area (Å²) in [5, 5.41) is 6.37. The molecular formula is C22H34N4O3. The van der Waals surface area contributed by atoms with Gasteiger partial charge in [0.2, 0.25) is 0 Å². The van der Waals surface area contributed by atoms with E-state index in [0.29, 0.717) is 24.6 Å². The third-order valence-corrected chi connectivity index (χ3v) is 5.44. The van der Waals surface area contributed by atoms with Gasteiger partial charge in [0.25, 0.3) is 5.91 Å². The molecule has 2 aliphatic rings. The van der Waals surface area contributed by atoms with Gasteiger partial charge in [-0.3, -0.25) is 4.79 Å². The summed E-state index contributed by atoms with van der Waals surface area (Å²) >= 11 is 0. The monoisotopic (exact) mass is 402 g/mol. The summed E-state index contributed by atoms with van der Waals surface area (Å²) in [6, 6.07) is 7.71. The predicted octanol–water partition coefficient (Wildman–Crippen LogP) is 2.03. The molecule has 2 fully saturated rings. The van der Waals surface area contributed by atoms with E-state index in [1.165, 1.54) is 0 Å². The van der Waals surface area contributed by atoms with Crippen LogP contribution in [0.25, 0.3) is 0 Å². The number of benzene rings is 1. The van der Waals surface area contributed by atoms with E-state index in [2.05, 4.69) is 22.5 Å². The van der Waals surface area contributed by atoms with Crippen molar-refractivity contribution in [2.45, 2.75) is 38.8 Å². The molecule has 1 amide bonds. The molecule has 7 heteroatoms. The average molecular weight is 403 g/mol. The molecule has 2 heterocycles. The van der Waals surface area contributed by atoms with Crippen LogP contribution in [0.4, 0.5) is 0 Å². The van der Waals surface area contributed by atoms with Crippen LogP contribution < -0.4 is 10.6 Å². The largest absolute Gasteiger partial charge is 0.384 e. The number of amides is 1. The van der Waals surface area contributed by atoms with Gasteiger partial charge in [-0.15, -0.1) is 0 Å². The Morgan fingerprint density at radius 2 is 2.24 bits per heavy atom. The molecule has 0 aromatic heterocycles. The third-order valence-electron chi connectivity index (χ3n) is 5.44. The maximum absolute atomic E-state index is 12.5. The number of methoxy groups -OCH3 is 1. The van der Waals surface area contributed by atoms with Crippen LogP contribution in [0.1, 0.15) is 42.1 Å². The molecule has 29 heavy (non-hydrogen) atoms. The van der Waals surface area contributed by atoms with E-state index in [9.17, 15) is 4.79 Å². The van der Waals surface area contributed by atoms with E-state index in [0.717, 1.165) is 63.6 Å². The zero-order valence-electron chi connectivity index (χ0n) is 17.7. The molecule has 0 radical (unpaired) electrons. The molecule has 2 atom stereocenters. The quantitative estimate of drug-likeness (QED) is 0.514. The zero-order chi connectivity index (χ0) is 20.5. The molecule has 0 spiro atoms. The van der Waals surface area contributed by atoms with E-state index in [4.69, 9.17) is 14.5 Å². The average Bonchev–Trinajstić information content (AvgIpc) is 3.42. The second-order valence-electron chi connectivity index (χ2n) is 7.77. The highest BCUT2D eigenvalue weighted by Crippen LogP contribution is 2.17. The van der Waals surface area contributed by atoms with Crippen molar-refractivity contribution in [3.8, 4) is 0 Å². The Morgan fingerprint density at radius 3 is 3.00 bits per heavy atom. The summed E-state index contributed by atoms with van der Waals surface area (Å²) in [6.07, 6.45) is 3.37. The Kier molecular flexibility index (Phi) is 8.31. The van der Waals surface area contributed by atoms with Crippen molar-refractivity contribution in [3.05, 3.63) is 35.4 Å². The lowest BCUT2D eigenvalue weighted by Gasteiger charge is -2.21. The van der Waals surface area contributed by atoms with Gasteiger partial charge >= 0.3 is 0 Å². The van der Waals surface area contributed by atoms with E-state index >= 15 is 0 Å². The minimum Gasteiger partial charge on any atom is -0.384 e. The Balaban J connectivity index is 1.57. The third kappa shape index (κ3) is 6.44. The molecule has 0 bridgehead atoms. The van der Waals surface area contributed by atoms with Crippen molar-refractivity contribution in [2.24, 2.45) is 10.9 Å². The molecule has 160 valence electrons. The summed E-state index contributed by atoms with van der Waals surface area (Å²) < 4.78 is 10.9. The van der Waals surface area contributed by atoms with Gasteiger partial charge in [0.15, 0.2) is 5.96 Å². The number of likely N-dealkylation sites (tertiary alicyclic amines) is 1. The fraction of sp³-hybridized carbons (Fsp3) is 0.636. The number of hydrogen-bond donors (Lipinski definition) is 2. The number of hydrogen-bond acceptors (Lipinski definition) is 4. The van der Waals surface area contributed by atoms with Crippen molar-refractivity contribution in [2.75, 3.05) is 46.5 Å². The summed E-state index contributed by atoms with van der Waals surface area (Å²) in [5.41, 5.74) is 1.69. The Hall–Kier alpha value is -2.12. The highest BCUT2D eigenvalue weighted by molar-refractivity contribution is 5.94. The van der Waals surface area contributed by atoms with Crippen LogP contribution in [-0.2, 0) is 16.0 Å². The number of carbonyl (C=O) groups excluding carboxylic acids is 1. The van der Waals surface area contributed by atoms with Gasteiger partial charge in [-0.05, 0) is 43.9 Å². The fourth-order valence-electron chi connectivity index (χ4n) is 3.91. The normalized spacial score (nSPS) is 22.1. The molecule has 0 aliphatic carbocycles. The number of nitrogens with zero attached hydrogens (tertiary/aromatic N) is 2. The standard InChI is InChI=1S/C22H34N4O3/c1-3-23-22(26-10-9-18(15-26)16-28-2)25-13-17-6-4-7-19(12-17)21(27)24-14-20-8-5-11-29-20/h4,6-7,12,18,20H,3,5,8-11,13-16H2,1-2H3,(H,23,25)(H,24,27). The SMILES string of the molecule is CCNC(=NCc1cccc(C(=O)NCC2CCCO2)c1)N1CCC(COC)C1. The van der Waals surface area contributed by atoms with Gasteiger partial charge in [-0.2, -0.15) is 0 Å². The van der Waals surface area contributed by atoms with E-state index in [1.807, 2.05) is 24.3 Å². The second kappa shape index (κ2) is 11.2. The Labute approximate surface area is 173 Å². The fourth-order valence-corrected chi connectivity index (χ4v) is 3.91. The highest BCUT2D eigenvalue weighted by Gasteiger charge is 2.24. The molecule has 2 aliphatic heterocycles. The molecule has 2 unspecified atom stereocenters. The van der Waals surface area contributed by atoms with E-state index < -0.39 is 0 Å². The maximum Gasteiger partial charge on any atom is 0.251 e. The van der Waals surface area contributed by atoms with Crippen LogP contribution in [0.3, 0.4) is 0 Å². The minimum atomic E-state index is -0.0554. The van der Waals surface area contributed by atoms with Crippen molar-refractivity contribution in [1.82, 2.24) is 15.5 Å². The van der Waals surface area contributed by atoms with E-state index in [1.54, 1.807) is 7.11 Å². The topological polar surface area (TPSA) is 75.2 Å². The Morgan fingerprint density at radius 1 is 1.34 bits per heavy atom. The Bertz CT molecular complexity index is 688. The van der Waals surface area contributed by atoms with Crippen LogP contribution in [0, 0.1) is 5.92 Å². The number of carbonyl (C=O) groups is 1. The number of rotatable bonds is 8. The molecule has 0 saturated carbocycles. The lowest BCUT2D eigenvalue weighted by Crippen LogP contribution is -2.40. The van der Waals surface area contributed by atoms with Gasteiger partial charge in [0.05, 0.1) is 19.3 Å². The zero-order valence-corrected chi connectivity index (χ0v) is 17.7. The first kappa shape index (κ1) is 21.6. The number of ether oxygens (including phenoxy) is 2. The van der Waals surface area contributed by atoms with Crippen LogP contribution in [0.15, 0.2) is 29.3 Å². The van der Waals surface area contributed by atoms with Crippen LogP contribution >= 0.6 is 0 Å². The van der Waals surface area contributed by atoms with Gasteiger partial charge in [-0.1, -0.05) is 12.1 Å². The molecule has 3 rings (SSSR count). The first-order valence-electron chi connectivity index (χ1n) is 10.7. The first-order chi connectivity index (χ1) is 14.2. The molecule has 2 saturated heterocycles. The second-order valence-corrected chi connectivity index (χ2v) is 7.77. The minimum absolute atomic E-state index is 0.0554. The summed E-state index contributed by atoms with van der Waals surface area (Å²) in [5.74, 6) is 1.43. The molecule has 7 nitrogen and oxygen atoms in total. The highest BCUT2D eigenvalue weighted by atomic mass is 16.5. The lowest BCUT2D eigenvalue weighted by atomic mass is 10.1. The lowest BCUT2D eigenvalue weighted by molar-refractivity contribution is 0.0857. The number of aliphatic imine (C=N–C) groups is 1. The van der Waals surface area contributed by atoms with Gasteiger partial charge < -0.3 is 25.0 Å². The summed E-state index contributed by atoms with van der Waals surface area (Å²) in [4.78, 5) is 19.6. The first-order valence-corrected chi connectivity index (χ1v) is 10.7. The van der Waals surface area contributed by atoms with Gasteiger partial charge in [0.1, 0.15) is 0 Å². The van der Waals surface area contributed by atoms with Gasteiger partial charge in [0, 0.05) is 51.4 Å². The van der Waals surface area contributed by atoms with Crippen molar-refractivity contribution in [1.29, 1.82) is 0 Å². The molecule has 1 aromatic rings. The van der Waals surface area contributed by atoms with Crippen LogP contribution in [0.2, 0.25) is 0 Å². The van der Waals surface area contributed by atoms with Crippen molar-refractivity contribution in [3.63, 3.8) is 0 Å². The smallest absolute Gasteiger partial charge is 0.251 e. The maximum atomic E-state index is 12.5. The number of guanidine groups is 1. The molecule has 2 N–H and O–H groups in total. The van der Waals surface area contributed by atoms with Gasteiger partial charge in [-0.25, -0.2) is 4.99 Å². The van der Waals surface area contributed by atoms with E-state index in [-0.39, 0.29) is 12.0 Å².